The van der Waals surface area contributed by atoms with E-state index in [-0.39, 0.29) is 5.57 Å². The Kier molecular flexibility index (Phi) is 4.29. The van der Waals surface area contributed by atoms with E-state index in [0.717, 1.165) is 0 Å². The van der Waals surface area contributed by atoms with Crippen LogP contribution in [-0.2, 0) is 0 Å². The van der Waals surface area contributed by atoms with E-state index in [1.165, 1.54) is 18.4 Å². The first-order valence-electron chi connectivity index (χ1n) is 5.69. The second-order valence-electron chi connectivity index (χ2n) is 4.03. The first kappa shape index (κ1) is 14.4. The molecule has 0 bridgehead atoms. The molecule has 0 atom stereocenters. The summed E-state index contributed by atoms with van der Waals surface area (Å²) < 4.78 is 5.07. The van der Waals surface area contributed by atoms with Crippen LogP contribution in [0.2, 0.25) is 10.0 Å². The van der Waals surface area contributed by atoms with Gasteiger partial charge in [-0.25, -0.2) is 0 Å². The van der Waals surface area contributed by atoms with Gasteiger partial charge in [0.1, 0.15) is 17.4 Å². The molecule has 0 N–H and O–H groups in total. The highest BCUT2D eigenvalue weighted by molar-refractivity contribution is 6.43. The third kappa shape index (κ3) is 2.77. The van der Waals surface area contributed by atoms with Crippen molar-refractivity contribution in [1.82, 2.24) is 0 Å². The number of carbonyl (C=O) groups excluding carboxylic acids is 1. The summed E-state index contributed by atoms with van der Waals surface area (Å²) in [5, 5.41) is 9.83. The molecule has 0 amide bonds. The highest BCUT2D eigenvalue weighted by atomic mass is 35.5. The highest BCUT2D eigenvalue weighted by Gasteiger charge is 2.17. The number of hydrogen-bond acceptors (Lipinski definition) is 3. The Morgan fingerprint density at radius 2 is 2.10 bits per heavy atom. The lowest BCUT2D eigenvalue weighted by atomic mass is 10.0. The molecular weight excluding hydrogens is 297 g/mol. The molecule has 2 aromatic rings. The van der Waals surface area contributed by atoms with Gasteiger partial charge in [-0.3, -0.25) is 4.79 Å². The lowest BCUT2D eigenvalue weighted by molar-refractivity contribution is 0.103. The lowest BCUT2D eigenvalue weighted by Crippen LogP contribution is -2.02. The fourth-order valence-corrected chi connectivity index (χ4v) is 2.06. The SMILES string of the molecule is Cc1occc1C(=O)/C(C#N)=C/c1cccc(Cl)c1Cl. The maximum Gasteiger partial charge on any atom is 0.207 e. The molecule has 2 rings (SSSR count). The van der Waals surface area contributed by atoms with Crippen molar-refractivity contribution in [2.75, 3.05) is 0 Å². The molecule has 0 saturated carbocycles. The summed E-state index contributed by atoms with van der Waals surface area (Å²) in [6.07, 6.45) is 2.83. The van der Waals surface area contributed by atoms with Crippen molar-refractivity contribution in [1.29, 1.82) is 5.26 Å². The number of carbonyl (C=O) groups is 1. The topological polar surface area (TPSA) is 54.0 Å². The van der Waals surface area contributed by atoms with Crippen molar-refractivity contribution in [3.8, 4) is 6.07 Å². The van der Waals surface area contributed by atoms with E-state index in [9.17, 15) is 4.79 Å². The van der Waals surface area contributed by atoms with Crippen molar-refractivity contribution >= 4 is 35.1 Å². The molecule has 1 aromatic heterocycles. The molecule has 0 fully saturated rings. The van der Waals surface area contributed by atoms with Gasteiger partial charge in [-0.15, -0.1) is 0 Å². The Balaban J connectivity index is 2.46. The number of ketones is 1. The van der Waals surface area contributed by atoms with Crippen LogP contribution in [0.25, 0.3) is 6.08 Å². The van der Waals surface area contributed by atoms with Crippen LogP contribution in [0, 0.1) is 18.3 Å². The van der Waals surface area contributed by atoms with Crippen LogP contribution in [0.4, 0.5) is 0 Å². The van der Waals surface area contributed by atoms with Crippen molar-refractivity contribution in [2.24, 2.45) is 0 Å². The molecule has 20 heavy (non-hydrogen) atoms. The van der Waals surface area contributed by atoms with Gasteiger partial charge in [-0.2, -0.15) is 5.26 Å². The lowest BCUT2D eigenvalue weighted by Gasteiger charge is -2.02. The summed E-state index contributed by atoms with van der Waals surface area (Å²) in [5.41, 5.74) is 0.847. The van der Waals surface area contributed by atoms with E-state index in [0.29, 0.717) is 26.9 Å². The summed E-state index contributed by atoms with van der Waals surface area (Å²) in [7, 11) is 0. The van der Waals surface area contributed by atoms with E-state index in [4.69, 9.17) is 32.9 Å². The molecule has 3 nitrogen and oxygen atoms in total. The van der Waals surface area contributed by atoms with Crippen molar-refractivity contribution in [3.63, 3.8) is 0 Å². The standard InChI is InChI=1S/C15H9Cl2NO2/c1-9-12(5-6-20-9)15(19)11(8-18)7-10-3-2-4-13(16)14(10)17/h2-7H,1H3/b11-7+. The van der Waals surface area contributed by atoms with Gasteiger partial charge in [-0.1, -0.05) is 35.3 Å². The number of aryl methyl sites for hydroxylation is 1. The average molecular weight is 306 g/mol. The maximum atomic E-state index is 12.2. The van der Waals surface area contributed by atoms with Crippen molar-refractivity contribution < 1.29 is 9.21 Å². The monoisotopic (exact) mass is 305 g/mol. The zero-order chi connectivity index (χ0) is 14.7. The summed E-state index contributed by atoms with van der Waals surface area (Å²) in [6.45, 7) is 1.66. The third-order valence-electron chi connectivity index (χ3n) is 2.75. The van der Waals surface area contributed by atoms with E-state index < -0.39 is 5.78 Å². The van der Waals surface area contributed by atoms with Gasteiger partial charge < -0.3 is 4.42 Å². The molecule has 0 radical (unpaired) electrons. The van der Waals surface area contributed by atoms with Crippen molar-refractivity contribution in [2.45, 2.75) is 6.92 Å². The number of benzene rings is 1. The molecule has 1 aromatic carbocycles. The molecule has 0 unspecified atom stereocenters. The van der Waals surface area contributed by atoms with Crippen molar-refractivity contribution in [3.05, 3.63) is 63.0 Å². The summed E-state index contributed by atoms with van der Waals surface area (Å²) in [5.74, 6) is 0.0585. The van der Waals surface area contributed by atoms with Crippen LogP contribution >= 0.6 is 23.2 Å². The summed E-state index contributed by atoms with van der Waals surface area (Å²) in [4.78, 5) is 12.2. The molecule has 5 heteroatoms. The van der Waals surface area contributed by atoms with Gasteiger partial charge in [0.15, 0.2) is 0 Å². The van der Waals surface area contributed by atoms with E-state index in [2.05, 4.69) is 0 Å². The van der Waals surface area contributed by atoms with Crippen LogP contribution in [0.5, 0.6) is 0 Å². The second kappa shape index (κ2) is 5.96. The minimum atomic E-state index is -0.408. The number of halogens is 2. The predicted molar refractivity (Wildman–Crippen MR) is 77.8 cm³/mol. The van der Waals surface area contributed by atoms with Crippen LogP contribution < -0.4 is 0 Å². The van der Waals surface area contributed by atoms with Gasteiger partial charge in [0.05, 0.1) is 21.9 Å². The van der Waals surface area contributed by atoms with Gasteiger partial charge in [0.25, 0.3) is 0 Å². The van der Waals surface area contributed by atoms with E-state index in [1.54, 1.807) is 25.1 Å². The minimum Gasteiger partial charge on any atom is -0.469 e. The zero-order valence-corrected chi connectivity index (χ0v) is 12.0. The highest BCUT2D eigenvalue weighted by Crippen LogP contribution is 2.27. The van der Waals surface area contributed by atoms with E-state index >= 15 is 0 Å². The summed E-state index contributed by atoms with van der Waals surface area (Å²) in [6, 6.07) is 8.42. The quantitative estimate of drug-likeness (QED) is 0.470. The number of hydrogen-bond donors (Lipinski definition) is 0. The first-order chi connectivity index (χ1) is 9.54. The molecule has 100 valence electrons. The van der Waals surface area contributed by atoms with Crippen LogP contribution in [0.15, 0.2) is 40.5 Å². The van der Waals surface area contributed by atoms with Crippen LogP contribution in [-0.4, -0.2) is 5.78 Å². The number of furan rings is 1. The molecule has 0 aliphatic rings. The Morgan fingerprint density at radius 3 is 2.70 bits per heavy atom. The van der Waals surface area contributed by atoms with Crippen LogP contribution in [0.3, 0.4) is 0 Å². The number of nitriles is 1. The normalized spacial score (nSPS) is 11.2. The third-order valence-corrected chi connectivity index (χ3v) is 3.58. The van der Waals surface area contributed by atoms with Gasteiger partial charge >= 0.3 is 0 Å². The fraction of sp³-hybridized carbons (Fsp3) is 0.0667. The number of allylic oxidation sites excluding steroid dienone is 1. The zero-order valence-electron chi connectivity index (χ0n) is 10.5. The van der Waals surface area contributed by atoms with Crippen LogP contribution in [0.1, 0.15) is 21.7 Å². The molecule has 0 aliphatic carbocycles. The number of Topliss-reactive ketones (excluding diaryl/α,β-unsaturated/α-hetero) is 1. The minimum absolute atomic E-state index is 0.0290. The Labute approximate surface area is 126 Å². The largest absolute Gasteiger partial charge is 0.469 e. The van der Waals surface area contributed by atoms with Gasteiger partial charge in [0.2, 0.25) is 5.78 Å². The number of nitrogens with zero attached hydrogens (tertiary/aromatic N) is 1. The summed E-state index contributed by atoms with van der Waals surface area (Å²) >= 11 is 11.9. The second-order valence-corrected chi connectivity index (χ2v) is 4.82. The smallest absolute Gasteiger partial charge is 0.207 e. The average Bonchev–Trinajstić information content (AvgIpc) is 2.86. The number of rotatable bonds is 3. The van der Waals surface area contributed by atoms with E-state index in [1.807, 2.05) is 6.07 Å². The molecule has 0 aliphatic heterocycles. The van der Waals surface area contributed by atoms with Gasteiger partial charge in [0, 0.05) is 0 Å². The first-order valence-corrected chi connectivity index (χ1v) is 6.44. The molecule has 1 heterocycles. The predicted octanol–water partition coefficient (Wildman–Crippen LogP) is 4.68. The Hall–Kier alpha value is -2.02. The van der Waals surface area contributed by atoms with Gasteiger partial charge in [-0.05, 0) is 30.7 Å². The molecule has 0 spiro atoms. The maximum absolute atomic E-state index is 12.2. The fourth-order valence-electron chi connectivity index (χ4n) is 1.70. The Morgan fingerprint density at radius 1 is 1.35 bits per heavy atom. The Bertz CT molecular complexity index is 739. The molecular formula is C15H9Cl2NO2. The molecule has 0 saturated heterocycles.